The molecule has 1 atom stereocenters. The predicted molar refractivity (Wildman–Crippen MR) is 120 cm³/mol. The van der Waals surface area contributed by atoms with E-state index in [9.17, 15) is 14.0 Å². The SMILES string of the molecule is COCC(C)NC(=O)c1ccc(OCCCC2CCN(C(=O)OC(C)(C)C)CC2)cc1F. The number of rotatable bonds is 9. The van der Waals surface area contributed by atoms with E-state index in [-0.39, 0.29) is 17.7 Å². The molecule has 0 bridgehead atoms. The third kappa shape index (κ3) is 8.65. The summed E-state index contributed by atoms with van der Waals surface area (Å²) in [5.41, 5.74) is -0.494. The molecule has 0 spiro atoms. The maximum atomic E-state index is 14.3. The van der Waals surface area contributed by atoms with Crippen molar-refractivity contribution in [3.05, 3.63) is 29.6 Å². The summed E-state index contributed by atoms with van der Waals surface area (Å²) < 4.78 is 30.4. The number of halogens is 1. The summed E-state index contributed by atoms with van der Waals surface area (Å²) in [5, 5.41) is 2.69. The van der Waals surface area contributed by atoms with Crippen LogP contribution in [0.2, 0.25) is 0 Å². The zero-order valence-electron chi connectivity index (χ0n) is 19.9. The highest BCUT2D eigenvalue weighted by molar-refractivity contribution is 5.94. The Kier molecular flexibility index (Phi) is 9.75. The van der Waals surface area contributed by atoms with Crippen molar-refractivity contribution in [1.29, 1.82) is 0 Å². The zero-order valence-corrected chi connectivity index (χ0v) is 19.9. The van der Waals surface area contributed by atoms with Gasteiger partial charge in [0.15, 0.2) is 0 Å². The van der Waals surface area contributed by atoms with Crippen molar-refractivity contribution in [3.8, 4) is 5.75 Å². The highest BCUT2D eigenvalue weighted by Gasteiger charge is 2.26. The molecular formula is C24H37FN2O5. The molecule has 1 fully saturated rings. The van der Waals surface area contributed by atoms with E-state index in [1.54, 1.807) is 25.0 Å². The summed E-state index contributed by atoms with van der Waals surface area (Å²) in [5.74, 6) is -0.145. The first-order valence-electron chi connectivity index (χ1n) is 11.3. The average Bonchev–Trinajstić information content (AvgIpc) is 2.70. The van der Waals surface area contributed by atoms with Crippen LogP contribution in [0.3, 0.4) is 0 Å². The molecule has 0 radical (unpaired) electrons. The van der Waals surface area contributed by atoms with Crippen LogP contribution >= 0.6 is 0 Å². The van der Waals surface area contributed by atoms with Crippen LogP contribution in [0, 0.1) is 11.7 Å². The van der Waals surface area contributed by atoms with Gasteiger partial charge in [-0.15, -0.1) is 0 Å². The third-order valence-corrected chi connectivity index (χ3v) is 5.27. The lowest BCUT2D eigenvalue weighted by Crippen LogP contribution is -2.41. The van der Waals surface area contributed by atoms with Gasteiger partial charge in [-0.25, -0.2) is 9.18 Å². The highest BCUT2D eigenvalue weighted by atomic mass is 19.1. The summed E-state index contributed by atoms with van der Waals surface area (Å²) in [4.78, 5) is 26.1. The van der Waals surface area contributed by atoms with E-state index in [4.69, 9.17) is 14.2 Å². The van der Waals surface area contributed by atoms with Crippen LogP contribution in [-0.4, -0.2) is 62.0 Å². The second-order valence-corrected chi connectivity index (χ2v) is 9.37. The molecule has 1 unspecified atom stereocenters. The van der Waals surface area contributed by atoms with Gasteiger partial charge in [-0.05, 0) is 71.4 Å². The number of carbonyl (C=O) groups is 2. The highest BCUT2D eigenvalue weighted by Crippen LogP contribution is 2.24. The molecule has 2 rings (SSSR count). The van der Waals surface area contributed by atoms with Gasteiger partial charge in [0.05, 0.1) is 18.8 Å². The monoisotopic (exact) mass is 452 g/mol. The number of hydrogen-bond acceptors (Lipinski definition) is 5. The van der Waals surface area contributed by atoms with E-state index in [1.165, 1.54) is 12.1 Å². The lowest BCUT2D eigenvalue weighted by molar-refractivity contribution is 0.0179. The van der Waals surface area contributed by atoms with Gasteiger partial charge in [-0.2, -0.15) is 0 Å². The Morgan fingerprint density at radius 2 is 1.94 bits per heavy atom. The van der Waals surface area contributed by atoms with Crippen molar-refractivity contribution in [1.82, 2.24) is 10.2 Å². The summed E-state index contributed by atoms with van der Waals surface area (Å²) in [7, 11) is 1.54. The molecule has 0 saturated carbocycles. The van der Waals surface area contributed by atoms with E-state index in [0.717, 1.165) is 25.7 Å². The minimum atomic E-state index is -0.612. The minimum absolute atomic E-state index is 0.0166. The standard InChI is InChI=1S/C24H37FN2O5/c1-17(16-30-5)26-22(28)20-9-8-19(15-21(20)25)31-14-6-7-18-10-12-27(13-11-18)23(29)32-24(2,3)4/h8-9,15,17-18H,6-7,10-14,16H2,1-5H3,(H,26,28). The lowest BCUT2D eigenvalue weighted by atomic mass is 9.92. The van der Waals surface area contributed by atoms with Gasteiger partial charge in [-0.3, -0.25) is 4.79 Å². The van der Waals surface area contributed by atoms with E-state index in [2.05, 4.69) is 5.32 Å². The number of hydrogen-bond donors (Lipinski definition) is 1. The number of benzene rings is 1. The van der Waals surface area contributed by atoms with Gasteiger partial charge in [0.1, 0.15) is 17.2 Å². The fraction of sp³-hybridized carbons (Fsp3) is 0.667. The molecule has 1 saturated heterocycles. The zero-order chi connectivity index (χ0) is 23.7. The fourth-order valence-corrected chi connectivity index (χ4v) is 3.66. The smallest absolute Gasteiger partial charge is 0.410 e. The van der Waals surface area contributed by atoms with Crippen LogP contribution < -0.4 is 10.1 Å². The van der Waals surface area contributed by atoms with Gasteiger partial charge in [-0.1, -0.05) is 0 Å². The van der Waals surface area contributed by atoms with Crippen LogP contribution in [0.5, 0.6) is 5.75 Å². The molecule has 2 amide bonds. The Hall–Kier alpha value is -2.35. The number of ether oxygens (including phenoxy) is 3. The van der Waals surface area contributed by atoms with Gasteiger partial charge < -0.3 is 24.4 Å². The quantitative estimate of drug-likeness (QED) is 0.562. The average molecular weight is 453 g/mol. The molecule has 1 heterocycles. The summed E-state index contributed by atoms with van der Waals surface area (Å²) >= 11 is 0. The Morgan fingerprint density at radius 1 is 1.25 bits per heavy atom. The summed E-state index contributed by atoms with van der Waals surface area (Å²) in [6.45, 7) is 9.64. The molecule has 7 nitrogen and oxygen atoms in total. The van der Waals surface area contributed by atoms with Crippen LogP contribution in [0.15, 0.2) is 18.2 Å². The van der Waals surface area contributed by atoms with Crippen molar-refractivity contribution in [2.45, 2.75) is 65.0 Å². The Bertz CT molecular complexity index is 757. The van der Waals surface area contributed by atoms with E-state index < -0.39 is 17.3 Å². The van der Waals surface area contributed by atoms with E-state index in [0.29, 0.717) is 38.0 Å². The van der Waals surface area contributed by atoms with Crippen molar-refractivity contribution in [2.75, 3.05) is 33.4 Å². The number of carbonyl (C=O) groups excluding carboxylic acids is 2. The lowest BCUT2D eigenvalue weighted by Gasteiger charge is -2.33. The molecule has 1 aliphatic rings. The van der Waals surface area contributed by atoms with Crippen LogP contribution in [-0.2, 0) is 9.47 Å². The Balaban J connectivity index is 1.70. The van der Waals surface area contributed by atoms with Crippen molar-refractivity contribution >= 4 is 12.0 Å². The molecule has 0 aromatic heterocycles. The predicted octanol–water partition coefficient (Wildman–Crippen LogP) is 4.40. The summed E-state index contributed by atoms with van der Waals surface area (Å²) in [6.07, 6.45) is 3.47. The van der Waals surface area contributed by atoms with Crippen LogP contribution in [0.1, 0.15) is 63.7 Å². The maximum Gasteiger partial charge on any atom is 0.410 e. The summed E-state index contributed by atoms with van der Waals surface area (Å²) in [6, 6.07) is 4.08. The molecule has 1 aliphatic heterocycles. The number of likely N-dealkylation sites (tertiary alicyclic amines) is 1. The molecule has 1 aromatic carbocycles. The normalized spacial score (nSPS) is 15.9. The first-order valence-corrected chi connectivity index (χ1v) is 11.3. The molecular weight excluding hydrogens is 415 g/mol. The third-order valence-electron chi connectivity index (χ3n) is 5.27. The topological polar surface area (TPSA) is 77.1 Å². The molecule has 1 aromatic rings. The first kappa shape index (κ1) is 25.9. The number of nitrogens with one attached hydrogen (secondary N) is 1. The molecule has 180 valence electrons. The van der Waals surface area contributed by atoms with Gasteiger partial charge in [0.25, 0.3) is 5.91 Å². The molecule has 8 heteroatoms. The van der Waals surface area contributed by atoms with Crippen molar-refractivity contribution in [2.24, 2.45) is 5.92 Å². The van der Waals surface area contributed by atoms with Crippen molar-refractivity contribution in [3.63, 3.8) is 0 Å². The van der Waals surface area contributed by atoms with Crippen LogP contribution in [0.25, 0.3) is 0 Å². The minimum Gasteiger partial charge on any atom is -0.493 e. The largest absolute Gasteiger partial charge is 0.493 e. The van der Waals surface area contributed by atoms with Gasteiger partial charge >= 0.3 is 6.09 Å². The van der Waals surface area contributed by atoms with Crippen molar-refractivity contribution < 1.29 is 28.2 Å². The molecule has 1 N–H and O–H groups in total. The van der Waals surface area contributed by atoms with Gasteiger partial charge in [0, 0.05) is 32.3 Å². The number of methoxy groups -OCH3 is 1. The van der Waals surface area contributed by atoms with E-state index in [1.807, 2.05) is 20.8 Å². The molecule has 32 heavy (non-hydrogen) atoms. The fourth-order valence-electron chi connectivity index (χ4n) is 3.66. The Morgan fingerprint density at radius 3 is 2.53 bits per heavy atom. The van der Waals surface area contributed by atoms with Crippen LogP contribution in [0.4, 0.5) is 9.18 Å². The Labute approximate surface area is 190 Å². The second kappa shape index (κ2) is 12.0. The number of piperidine rings is 1. The maximum absolute atomic E-state index is 14.3. The second-order valence-electron chi connectivity index (χ2n) is 9.37. The number of nitrogens with zero attached hydrogens (tertiary/aromatic N) is 1. The van der Waals surface area contributed by atoms with E-state index >= 15 is 0 Å². The number of amides is 2. The molecule has 0 aliphatic carbocycles. The van der Waals surface area contributed by atoms with Gasteiger partial charge in [0.2, 0.25) is 0 Å². The first-order chi connectivity index (χ1) is 15.1.